The van der Waals surface area contributed by atoms with Crippen LogP contribution in [0.1, 0.15) is 34.7 Å². The molecule has 0 radical (unpaired) electrons. The molecule has 1 aliphatic rings. The Balaban J connectivity index is 1.33. The summed E-state index contributed by atoms with van der Waals surface area (Å²) in [5.74, 6) is 1.58. The van der Waals surface area contributed by atoms with Crippen molar-refractivity contribution in [3.63, 3.8) is 0 Å². The Morgan fingerprint density at radius 1 is 0.762 bits per heavy atom. The van der Waals surface area contributed by atoms with Gasteiger partial charge in [-0.1, -0.05) is 60.7 Å². The highest BCUT2D eigenvalue weighted by atomic mass is 32.1. The summed E-state index contributed by atoms with van der Waals surface area (Å²) in [5.41, 5.74) is 6.66. The standard InChI is InChI=1S/C36H30N4OS/c1-24-23-31(25(2)39(24)33-17-10-12-26-11-6-7-15-30(26)33)35-34(32-16-8-9-22-37-32)38-36(42)40(35)27-18-20-29(21-19-27)41-28-13-4-3-5-14-28/h3-23,34-35H,1-2H3,(H,38,42). The largest absolute Gasteiger partial charge is 0.457 e. The van der Waals surface area contributed by atoms with E-state index in [2.05, 4.69) is 95.4 Å². The number of benzene rings is 4. The first-order valence-corrected chi connectivity index (χ1v) is 14.5. The molecule has 0 saturated carbocycles. The Bertz CT molecular complexity index is 1880. The fraction of sp³-hybridized carbons (Fsp3) is 0.111. The van der Waals surface area contributed by atoms with Gasteiger partial charge >= 0.3 is 0 Å². The molecular formula is C36H30N4OS. The van der Waals surface area contributed by atoms with Crippen molar-refractivity contribution >= 4 is 33.8 Å². The lowest BCUT2D eigenvalue weighted by molar-refractivity contribution is 0.482. The fourth-order valence-corrected chi connectivity index (χ4v) is 6.46. The van der Waals surface area contributed by atoms with E-state index >= 15 is 0 Å². The van der Waals surface area contributed by atoms with Crippen LogP contribution in [0.4, 0.5) is 5.69 Å². The van der Waals surface area contributed by atoms with E-state index < -0.39 is 0 Å². The summed E-state index contributed by atoms with van der Waals surface area (Å²) in [4.78, 5) is 6.96. The van der Waals surface area contributed by atoms with Crippen LogP contribution in [0.15, 0.2) is 128 Å². The van der Waals surface area contributed by atoms with Gasteiger partial charge in [0.15, 0.2) is 5.11 Å². The van der Waals surface area contributed by atoms with Crippen molar-refractivity contribution in [2.24, 2.45) is 0 Å². The molecule has 0 bridgehead atoms. The first-order chi connectivity index (χ1) is 20.6. The normalized spacial score (nSPS) is 16.5. The van der Waals surface area contributed by atoms with Crippen LogP contribution in [0.5, 0.6) is 11.5 Å². The average molecular weight is 567 g/mol. The molecule has 206 valence electrons. The third-order valence-electron chi connectivity index (χ3n) is 7.99. The quantitative estimate of drug-likeness (QED) is 0.205. The van der Waals surface area contributed by atoms with Crippen LogP contribution in [0.2, 0.25) is 0 Å². The zero-order valence-electron chi connectivity index (χ0n) is 23.4. The van der Waals surface area contributed by atoms with E-state index in [1.807, 2.05) is 60.8 Å². The molecule has 3 heterocycles. The van der Waals surface area contributed by atoms with Crippen molar-refractivity contribution in [1.82, 2.24) is 14.9 Å². The molecule has 42 heavy (non-hydrogen) atoms. The number of ether oxygens (including phenoxy) is 1. The van der Waals surface area contributed by atoms with E-state index in [9.17, 15) is 0 Å². The number of pyridine rings is 1. The molecule has 5 nitrogen and oxygen atoms in total. The van der Waals surface area contributed by atoms with E-state index in [0.717, 1.165) is 22.9 Å². The highest BCUT2D eigenvalue weighted by Gasteiger charge is 2.42. The van der Waals surface area contributed by atoms with Crippen molar-refractivity contribution in [2.45, 2.75) is 25.9 Å². The number of hydrogen-bond donors (Lipinski definition) is 1. The molecule has 2 aromatic heterocycles. The van der Waals surface area contributed by atoms with Gasteiger partial charge in [-0.05, 0) is 97.7 Å². The monoisotopic (exact) mass is 566 g/mol. The first kappa shape index (κ1) is 26.0. The Kier molecular flexibility index (Phi) is 6.68. The van der Waals surface area contributed by atoms with Gasteiger partial charge in [0.25, 0.3) is 0 Å². The summed E-state index contributed by atoms with van der Waals surface area (Å²) >= 11 is 6.00. The highest BCUT2D eigenvalue weighted by Crippen LogP contribution is 2.44. The second-order valence-electron chi connectivity index (χ2n) is 10.6. The number of nitrogens with one attached hydrogen (secondary N) is 1. The zero-order chi connectivity index (χ0) is 28.6. The van der Waals surface area contributed by atoms with Gasteiger partial charge in [0.2, 0.25) is 0 Å². The van der Waals surface area contributed by atoms with Crippen molar-refractivity contribution in [3.8, 4) is 17.2 Å². The smallest absolute Gasteiger partial charge is 0.174 e. The number of para-hydroxylation sites is 1. The zero-order valence-corrected chi connectivity index (χ0v) is 24.3. The summed E-state index contributed by atoms with van der Waals surface area (Å²) in [6.07, 6.45) is 1.84. The molecule has 6 heteroatoms. The Labute approximate surface area is 251 Å². The molecule has 4 aromatic carbocycles. The third-order valence-corrected chi connectivity index (χ3v) is 8.30. The number of rotatable bonds is 6. The lowest BCUT2D eigenvalue weighted by atomic mass is 9.96. The molecule has 1 fully saturated rings. The molecule has 2 unspecified atom stereocenters. The van der Waals surface area contributed by atoms with E-state index in [1.165, 1.54) is 33.4 Å². The number of fused-ring (bicyclic) bond motifs is 1. The van der Waals surface area contributed by atoms with Crippen molar-refractivity contribution in [1.29, 1.82) is 0 Å². The molecule has 6 aromatic rings. The SMILES string of the molecule is Cc1cc(C2C(c3ccccn3)NC(=S)N2c2ccc(Oc3ccccc3)cc2)c(C)n1-c1cccc2ccccc12. The summed E-state index contributed by atoms with van der Waals surface area (Å²) in [6.45, 7) is 4.38. The molecule has 1 aliphatic heterocycles. The maximum Gasteiger partial charge on any atom is 0.174 e. The molecule has 0 amide bonds. The minimum absolute atomic E-state index is 0.108. The van der Waals surface area contributed by atoms with Gasteiger partial charge in [-0.25, -0.2) is 0 Å². The maximum atomic E-state index is 6.07. The van der Waals surface area contributed by atoms with Gasteiger partial charge in [-0.3, -0.25) is 4.98 Å². The van der Waals surface area contributed by atoms with Crippen LogP contribution in [0.3, 0.4) is 0 Å². The van der Waals surface area contributed by atoms with E-state index in [1.54, 1.807) is 0 Å². The third kappa shape index (κ3) is 4.60. The van der Waals surface area contributed by atoms with Crippen LogP contribution in [-0.4, -0.2) is 14.7 Å². The van der Waals surface area contributed by atoms with Crippen molar-refractivity contribution < 1.29 is 4.74 Å². The Hall–Kier alpha value is -4.94. The number of aryl methyl sites for hydroxylation is 1. The van der Waals surface area contributed by atoms with Gasteiger partial charge in [0, 0.05) is 28.7 Å². The van der Waals surface area contributed by atoms with Crippen LogP contribution >= 0.6 is 12.2 Å². The van der Waals surface area contributed by atoms with Gasteiger partial charge in [0.1, 0.15) is 11.5 Å². The van der Waals surface area contributed by atoms with Crippen molar-refractivity contribution in [2.75, 3.05) is 4.90 Å². The van der Waals surface area contributed by atoms with Gasteiger partial charge in [0.05, 0.1) is 23.5 Å². The lowest BCUT2D eigenvalue weighted by Crippen LogP contribution is -2.29. The molecule has 2 atom stereocenters. The lowest BCUT2D eigenvalue weighted by Gasteiger charge is -2.28. The topological polar surface area (TPSA) is 42.3 Å². The molecule has 1 N–H and O–H groups in total. The molecule has 0 spiro atoms. The number of thiocarbonyl (C=S) groups is 1. The summed E-state index contributed by atoms with van der Waals surface area (Å²) < 4.78 is 8.43. The Morgan fingerprint density at radius 3 is 2.26 bits per heavy atom. The van der Waals surface area contributed by atoms with E-state index in [4.69, 9.17) is 21.9 Å². The Morgan fingerprint density at radius 2 is 1.48 bits per heavy atom. The van der Waals surface area contributed by atoms with Gasteiger partial charge in [-0.2, -0.15) is 0 Å². The number of aromatic nitrogens is 2. The van der Waals surface area contributed by atoms with E-state index in [-0.39, 0.29) is 12.1 Å². The fourth-order valence-electron chi connectivity index (χ4n) is 6.11. The number of nitrogens with zero attached hydrogens (tertiary/aromatic N) is 3. The highest BCUT2D eigenvalue weighted by molar-refractivity contribution is 7.80. The molecule has 7 rings (SSSR count). The maximum absolute atomic E-state index is 6.07. The second kappa shape index (κ2) is 10.8. The summed E-state index contributed by atoms with van der Waals surface area (Å²) in [5, 5.41) is 6.71. The number of hydrogen-bond acceptors (Lipinski definition) is 3. The summed E-state index contributed by atoms with van der Waals surface area (Å²) in [6, 6.07) is 41.1. The van der Waals surface area contributed by atoms with Crippen LogP contribution < -0.4 is 15.0 Å². The van der Waals surface area contributed by atoms with Crippen LogP contribution in [0, 0.1) is 13.8 Å². The molecular weight excluding hydrogens is 536 g/mol. The van der Waals surface area contributed by atoms with E-state index in [0.29, 0.717) is 5.11 Å². The van der Waals surface area contributed by atoms with Gasteiger partial charge < -0.3 is 19.5 Å². The van der Waals surface area contributed by atoms with Gasteiger partial charge in [-0.15, -0.1) is 0 Å². The van der Waals surface area contributed by atoms with Crippen LogP contribution in [-0.2, 0) is 0 Å². The summed E-state index contributed by atoms with van der Waals surface area (Å²) in [7, 11) is 0. The second-order valence-corrected chi connectivity index (χ2v) is 11.0. The first-order valence-electron chi connectivity index (χ1n) is 14.1. The predicted molar refractivity (Wildman–Crippen MR) is 174 cm³/mol. The average Bonchev–Trinajstić information content (AvgIpc) is 3.52. The molecule has 1 saturated heterocycles. The minimum atomic E-state index is -0.125. The minimum Gasteiger partial charge on any atom is -0.457 e. The van der Waals surface area contributed by atoms with Crippen molar-refractivity contribution in [3.05, 3.63) is 150 Å². The predicted octanol–water partition coefficient (Wildman–Crippen LogP) is 8.61. The van der Waals surface area contributed by atoms with Crippen LogP contribution in [0.25, 0.3) is 16.5 Å². The number of anilines is 1. The molecule has 0 aliphatic carbocycles.